The van der Waals surface area contributed by atoms with Crippen molar-refractivity contribution in [1.29, 1.82) is 0 Å². The number of rotatable bonds is 3. The minimum absolute atomic E-state index is 0.134. The summed E-state index contributed by atoms with van der Waals surface area (Å²) in [5.41, 5.74) is -0.162. The molecule has 0 aliphatic carbocycles. The molecule has 0 aromatic carbocycles. The van der Waals surface area contributed by atoms with Crippen molar-refractivity contribution < 1.29 is 14.6 Å². The van der Waals surface area contributed by atoms with Crippen molar-refractivity contribution in [2.45, 2.75) is 38.8 Å². The van der Waals surface area contributed by atoms with E-state index in [2.05, 4.69) is 30.7 Å². The van der Waals surface area contributed by atoms with Crippen LogP contribution in [-0.2, 0) is 9.53 Å². The summed E-state index contributed by atoms with van der Waals surface area (Å²) in [4.78, 5) is 15.9. The average molecular weight is 270 g/mol. The van der Waals surface area contributed by atoms with E-state index < -0.39 is 12.0 Å². The Morgan fingerprint density at radius 3 is 2.79 bits per heavy atom. The van der Waals surface area contributed by atoms with Gasteiger partial charge in [-0.1, -0.05) is 13.8 Å². The monoisotopic (exact) mass is 270 g/mol. The molecule has 0 saturated carbocycles. The van der Waals surface area contributed by atoms with Crippen LogP contribution in [0.2, 0.25) is 0 Å². The fourth-order valence-corrected chi connectivity index (χ4v) is 3.42. The maximum Gasteiger partial charge on any atom is 0.321 e. The Labute approximate surface area is 115 Å². The Hall–Kier alpha value is -0.650. The molecule has 1 N–H and O–H groups in total. The molecule has 2 heterocycles. The number of carboxylic acids is 1. The molecule has 0 amide bonds. The number of hydrogen-bond acceptors (Lipinski definition) is 4. The predicted molar refractivity (Wildman–Crippen MR) is 73.2 cm³/mol. The molecule has 2 aliphatic rings. The highest BCUT2D eigenvalue weighted by atomic mass is 16.5. The molecule has 2 rings (SSSR count). The summed E-state index contributed by atoms with van der Waals surface area (Å²) in [6.07, 6.45) is 2.18. The molecule has 0 bridgehead atoms. The van der Waals surface area contributed by atoms with Gasteiger partial charge in [0.15, 0.2) is 0 Å². The lowest BCUT2D eigenvalue weighted by Gasteiger charge is -2.45. The first-order chi connectivity index (χ1) is 8.90. The third kappa shape index (κ3) is 3.46. The molecule has 2 unspecified atom stereocenters. The summed E-state index contributed by atoms with van der Waals surface area (Å²) in [5.74, 6) is -0.700. The number of carboxylic acid groups (broad SMARTS) is 1. The Morgan fingerprint density at radius 1 is 1.42 bits per heavy atom. The summed E-state index contributed by atoms with van der Waals surface area (Å²) in [6.45, 7) is 8.32. The van der Waals surface area contributed by atoms with Gasteiger partial charge in [-0.05, 0) is 31.8 Å². The molecule has 2 saturated heterocycles. The van der Waals surface area contributed by atoms with Gasteiger partial charge in [0, 0.05) is 19.6 Å². The van der Waals surface area contributed by atoms with Crippen molar-refractivity contribution in [1.82, 2.24) is 9.80 Å². The van der Waals surface area contributed by atoms with Gasteiger partial charge < -0.3 is 14.7 Å². The molecule has 0 radical (unpaired) electrons. The maximum atomic E-state index is 11.6. The van der Waals surface area contributed by atoms with E-state index in [0.717, 1.165) is 45.6 Å². The third-order valence-electron chi connectivity index (χ3n) is 4.39. The van der Waals surface area contributed by atoms with Crippen LogP contribution in [0.25, 0.3) is 0 Å². The zero-order valence-electron chi connectivity index (χ0n) is 12.3. The normalized spacial score (nSPS) is 33.2. The van der Waals surface area contributed by atoms with E-state index in [9.17, 15) is 9.90 Å². The van der Waals surface area contributed by atoms with Gasteiger partial charge in [0.05, 0.1) is 12.7 Å². The lowest BCUT2D eigenvalue weighted by molar-refractivity contribution is -0.152. The summed E-state index contributed by atoms with van der Waals surface area (Å²) in [6, 6.07) is -0.392. The van der Waals surface area contributed by atoms with Crippen molar-refractivity contribution in [2.75, 3.05) is 39.8 Å². The predicted octanol–water partition coefficient (Wildman–Crippen LogP) is 0.892. The topological polar surface area (TPSA) is 53.0 Å². The Kier molecular flexibility index (Phi) is 4.48. The van der Waals surface area contributed by atoms with Crippen LogP contribution in [0.4, 0.5) is 0 Å². The number of carbonyl (C=O) groups is 1. The fourth-order valence-electron chi connectivity index (χ4n) is 3.42. The lowest BCUT2D eigenvalue weighted by atomic mass is 9.76. The Morgan fingerprint density at radius 2 is 2.16 bits per heavy atom. The number of nitrogens with zero attached hydrogens (tertiary/aromatic N) is 2. The van der Waals surface area contributed by atoms with E-state index in [-0.39, 0.29) is 11.5 Å². The number of aliphatic carboxylic acids is 1. The molecular weight excluding hydrogens is 244 g/mol. The van der Waals surface area contributed by atoms with Crippen molar-refractivity contribution in [3.63, 3.8) is 0 Å². The van der Waals surface area contributed by atoms with Crippen LogP contribution in [0, 0.1) is 5.41 Å². The summed E-state index contributed by atoms with van der Waals surface area (Å²) in [7, 11) is 2.09. The highest BCUT2D eigenvalue weighted by Crippen LogP contribution is 2.35. The van der Waals surface area contributed by atoms with Gasteiger partial charge in [-0.15, -0.1) is 0 Å². The van der Waals surface area contributed by atoms with E-state index in [1.807, 2.05) is 0 Å². The van der Waals surface area contributed by atoms with Gasteiger partial charge in [0.2, 0.25) is 0 Å². The van der Waals surface area contributed by atoms with Crippen molar-refractivity contribution in [3.8, 4) is 0 Å². The first-order valence-corrected chi connectivity index (χ1v) is 7.17. The molecule has 2 aliphatic heterocycles. The number of morpholine rings is 1. The van der Waals surface area contributed by atoms with E-state index in [0.29, 0.717) is 0 Å². The second-order valence-electron chi connectivity index (χ2n) is 6.58. The molecular formula is C14H26N2O3. The number of piperidine rings is 1. The van der Waals surface area contributed by atoms with E-state index in [1.165, 1.54) is 0 Å². The quantitative estimate of drug-likeness (QED) is 0.825. The van der Waals surface area contributed by atoms with Gasteiger partial charge in [-0.3, -0.25) is 9.69 Å². The maximum absolute atomic E-state index is 11.6. The van der Waals surface area contributed by atoms with Gasteiger partial charge in [0.25, 0.3) is 0 Å². The van der Waals surface area contributed by atoms with Crippen LogP contribution in [0.5, 0.6) is 0 Å². The number of ether oxygens (including phenoxy) is 1. The first kappa shape index (κ1) is 14.8. The lowest BCUT2D eigenvalue weighted by Crippen LogP contribution is -2.57. The van der Waals surface area contributed by atoms with Crippen LogP contribution in [0.1, 0.15) is 26.7 Å². The molecule has 2 atom stereocenters. The highest BCUT2D eigenvalue weighted by Gasteiger charge is 2.43. The second kappa shape index (κ2) is 5.77. The van der Waals surface area contributed by atoms with Gasteiger partial charge in [-0.2, -0.15) is 0 Å². The smallest absolute Gasteiger partial charge is 0.321 e. The van der Waals surface area contributed by atoms with E-state index in [1.54, 1.807) is 0 Å². The van der Waals surface area contributed by atoms with Crippen LogP contribution >= 0.6 is 0 Å². The summed E-state index contributed by atoms with van der Waals surface area (Å²) < 4.78 is 5.77. The Bertz CT molecular complexity index is 333. The number of likely N-dealkylation sites (N-methyl/N-ethyl adjacent to an activating group) is 1. The summed E-state index contributed by atoms with van der Waals surface area (Å²) in [5, 5.41) is 9.53. The molecule has 19 heavy (non-hydrogen) atoms. The molecule has 5 heteroatoms. The fraction of sp³-hybridized carbons (Fsp3) is 0.929. The van der Waals surface area contributed by atoms with Crippen molar-refractivity contribution in [3.05, 3.63) is 0 Å². The molecule has 0 spiro atoms. The highest BCUT2D eigenvalue weighted by molar-refractivity contribution is 5.74. The zero-order valence-corrected chi connectivity index (χ0v) is 12.3. The molecule has 0 aromatic rings. The van der Waals surface area contributed by atoms with E-state index in [4.69, 9.17) is 4.74 Å². The largest absolute Gasteiger partial charge is 0.480 e. The molecule has 0 aromatic heterocycles. The standard InChI is InChI=1S/C14H26N2O3/c1-14(2)5-4-6-16(12(14)13(17)18)10-11-9-15(3)7-8-19-11/h11-12H,4-10H2,1-3H3,(H,17,18). The third-order valence-corrected chi connectivity index (χ3v) is 4.39. The SMILES string of the molecule is CN1CCOC(CN2CCCC(C)(C)C2C(=O)O)C1. The van der Waals surface area contributed by atoms with Crippen LogP contribution in [-0.4, -0.2) is 72.9 Å². The van der Waals surface area contributed by atoms with Crippen LogP contribution < -0.4 is 0 Å². The molecule has 2 fully saturated rings. The Balaban J connectivity index is 2.02. The number of likely N-dealkylation sites (tertiary alicyclic amines) is 1. The van der Waals surface area contributed by atoms with Gasteiger partial charge >= 0.3 is 5.97 Å². The molecule has 5 nitrogen and oxygen atoms in total. The second-order valence-corrected chi connectivity index (χ2v) is 6.58. The van der Waals surface area contributed by atoms with Crippen LogP contribution in [0.15, 0.2) is 0 Å². The minimum atomic E-state index is -0.700. The van der Waals surface area contributed by atoms with Gasteiger partial charge in [-0.25, -0.2) is 0 Å². The minimum Gasteiger partial charge on any atom is -0.480 e. The van der Waals surface area contributed by atoms with Crippen molar-refractivity contribution in [2.24, 2.45) is 5.41 Å². The van der Waals surface area contributed by atoms with Gasteiger partial charge in [0.1, 0.15) is 6.04 Å². The van der Waals surface area contributed by atoms with E-state index >= 15 is 0 Å². The average Bonchev–Trinajstić information content (AvgIpc) is 2.26. The van der Waals surface area contributed by atoms with Crippen LogP contribution in [0.3, 0.4) is 0 Å². The summed E-state index contributed by atoms with van der Waals surface area (Å²) >= 11 is 0. The molecule has 110 valence electrons. The number of hydrogen-bond donors (Lipinski definition) is 1. The zero-order chi connectivity index (χ0) is 14.0. The first-order valence-electron chi connectivity index (χ1n) is 7.17. The van der Waals surface area contributed by atoms with Crippen molar-refractivity contribution >= 4 is 5.97 Å².